The summed E-state index contributed by atoms with van der Waals surface area (Å²) >= 11 is 0. The molecule has 212 valence electrons. The summed E-state index contributed by atoms with van der Waals surface area (Å²) in [4.78, 5) is 31.2. The van der Waals surface area contributed by atoms with Gasteiger partial charge in [-0.3, -0.25) is 4.68 Å². The third-order valence-electron chi connectivity index (χ3n) is 6.87. The van der Waals surface area contributed by atoms with Crippen LogP contribution in [0.1, 0.15) is 97.7 Å². The molecule has 5 rings (SSSR count). The molecule has 3 saturated carbocycles. The predicted molar refractivity (Wildman–Crippen MR) is 142 cm³/mol. The van der Waals surface area contributed by atoms with Crippen LogP contribution in [0.4, 0.5) is 14.0 Å². The Labute approximate surface area is 229 Å². The van der Waals surface area contributed by atoms with Crippen LogP contribution >= 0.6 is 0 Å². The normalized spacial score (nSPS) is 21.2. The van der Waals surface area contributed by atoms with E-state index in [1.165, 1.54) is 12.3 Å². The molecule has 10 heteroatoms. The van der Waals surface area contributed by atoms with Gasteiger partial charge in [0.15, 0.2) is 0 Å². The zero-order valence-corrected chi connectivity index (χ0v) is 23.7. The Morgan fingerprint density at radius 3 is 2.18 bits per heavy atom. The lowest BCUT2D eigenvalue weighted by atomic mass is 9.80. The van der Waals surface area contributed by atoms with Crippen LogP contribution in [0.15, 0.2) is 18.5 Å². The highest BCUT2D eigenvalue weighted by Crippen LogP contribution is 2.47. The van der Waals surface area contributed by atoms with E-state index in [0.29, 0.717) is 17.4 Å². The van der Waals surface area contributed by atoms with E-state index < -0.39 is 29.2 Å². The lowest BCUT2D eigenvalue weighted by Crippen LogP contribution is -2.47. The van der Waals surface area contributed by atoms with Crippen LogP contribution in [0.25, 0.3) is 11.3 Å². The minimum Gasteiger partial charge on any atom is -0.488 e. The molecule has 3 aliphatic rings. The molecule has 2 heterocycles. The molecule has 0 aliphatic heterocycles. The van der Waals surface area contributed by atoms with Gasteiger partial charge in [-0.2, -0.15) is 5.10 Å². The van der Waals surface area contributed by atoms with Crippen LogP contribution in [-0.2, 0) is 9.47 Å². The van der Waals surface area contributed by atoms with Gasteiger partial charge in [-0.15, -0.1) is 0 Å². The quantitative estimate of drug-likeness (QED) is 0.388. The summed E-state index contributed by atoms with van der Waals surface area (Å²) in [7, 11) is 0. The Morgan fingerprint density at radius 2 is 1.64 bits per heavy atom. The monoisotopic (exact) mass is 542 g/mol. The van der Waals surface area contributed by atoms with E-state index in [2.05, 4.69) is 4.98 Å². The van der Waals surface area contributed by atoms with Crippen LogP contribution in [0, 0.1) is 11.7 Å². The van der Waals surface area contributed by atoms with Gasteiger partial charge in [-0.1, -0.05) is 0 Å². The van der Waals surface area contributed by atoms with Crippen molar-refractivity contribution in [3.05, 3.63) is 30.0 Å². The molecule has 0 bridgehead atoms. The summed E-state index contributed by atoms with van der Waals surface area (Å²) < 4.78 is 33.0. The number of carbonyl (C=O) groups excluding carboxylic acids is 2. The number of hydrogen-bond acceptors (Lipinski definition) is 7. The second-order valence-corrected chi connectivity index (χ2v) is 13.1. The van der Waals surface area contributed by atoms with Crippen LogP contribution in [0.5, 0.6) is 5.75 Å². The highest BCUT2D eigenvalue weighted by molar-refractivity contribution is 5.88. The van der Waals surface area contributed by atoms with E-state index in [4.69, 9.17) is 19.3 Å². The average Bonchev–Trinajstić information content (AvgIpc) is 3.70. The number of hydrogen-bond donors (Lipinski definition) is 0. The van der Waals surface area contributed by atoms with Crippen LogP contribution in [-0.4, -0.2) is 55.7 Å². The highest BCUT2D eigenvalue weighted by atomic mass is 19.1. The third kappa shape index (κ3) is 6.89. The third-order valence-corrected chi connectivity index (χ3v) is 6.87. The summed E-state index contributed by atoms with van der Waals surface area (Å²) in [6.07, 6.45) is 7.50. The van der Waals surface area contributed by atoms with Crippen molar-refractivity contribution in [3.63, 3.8) is 0 Å². The van der Waals surface area contributed by atoms with Gasteiger partial charge >= 0.3 is 12.2 Å². The minimum absolute atomic E-state index is 0.0877. The number of carbonyl (C=O) groups is 2. The van der Waals surface area contributed by atoms with Crippen molar-refractivity contribution in [2.45, 2.75) is 109 Å². The van der Waals surface area contributed by atoms with Crippen molar-refractivity contribution in [1.29, 1.82) is 0 Å². The number of amides is 2. The van der Waals surface area contributed by atoms with Gasteiger partial charge in [0.1, 0.15) is 28.5 Å². The minimum atomic E-state index is -0.735. The SMILES string of the molecule is CC(C)(C)OC(=O)N(CC1CC(n2cc(-c3ncc(F)cc3OC3CC3)c(C3CC3)n2)C1)C(=O)OC(C)(C)C. The highest BCUT2D eigenvalue weighted by Gasteiger charge is 2.40. The summed E-state index contributed by atoms with van der Waals surface area (Å²) in [5.74, 6) is 0.504. The molecule has 2 aromatic rings. The van der Waals surface area contributed by atoms with E-state index in [-0.39, 0.29) is 24.6 Å². The maximum absolute atomic E-state index is 14.0. The second-order valence-electron chi connectivity index (χ2n) is 13.1. The fraction of sp³-hybridized carbons (Fsp3) is 0.655. The van der Waals surface area contributed by atoms with Crippen molar-refractivity contribution in [1.82, 2.24) is 19.7 Å². The predicted octanol–water partition coefficient (Wildman–Crippen LogP) is 6.63. The van der Waals surface area contributed by atoms with Gasteiger partial charge in [0.05, 0.1) is 24.0 Å². The summed E-state index contributed by atoms with van der Waals surface area (Å²) in [6.45, 7) is 10.8. The van der Waals surface area contributed by atoms with Crippen molar-refractivity contribution in [3.8, 4) is 17.0 Å². The Hall–Kier alpha value is -3.17. The Balaban J connectivity index is 1.30. The summed E-state index contributed by atoms with van der Waals surface area (Å²) in [5, 5.41) is 4.94. The summed E-state index contributed by atoms with van der Waals surface area (Å²) in [6, 6.07) is 1.53. The van der Waals surface area contributed by atoms with Gasteiger partial charge in [0, 0.05) is 30.3 Å². The number of pyridine rings is 1. The maximum atomic E-state index is 14.0. The summed E-state index contributed by atoms with van der Waals surface area (Å²) in [5.41, 5.74) is 1.03. The molecule has 0 atom stereocenters. The van der Waals surface area contributed by atoms with Gasteiger partial charge in [0.2, 0.25) is 0 Å². The number of imide groups is 1. The van der Waals surface area contributed by atoms with Gasteiger partial charge in [0.25, 0.3) is 0 Å². The molecular formula is C29H39FN4O5. The molecule has 9 nitrogen and oxygen atoms in total. The second kappa shape index (κ2) is 10.1. The first-order chi connectivity index (χ1) is 18.3. The van der Waals surface area contributed by atoms with Gasteiger partial charge in [-0.05, 0) is 86.0 Å². The van der Waals surface area contributed by atoms with E-state index >= 15 is 0 Å². The lowest BCUT2D eigenvalue weighted by molar-refractivity contribution is -0.00641. The van der Waals surface area contributed by atoms with E-state index in [1.807, 2.05) is 10.9 Å². The van der Waals surface area contributed by atoms with Gasteiger partial charge in [-0.25, -0.2) is 23.9 Å². The Bertz CT molecular complexity index is 1210. The van der Waals surface area contributed by atoms with Crippen molar-refractivity contribution in [2.75, 3.05) is 6.54 Å². The van der Waals surface area contributed by atoms with Gasteiger partial charge < -0.3 is 14.2 Å². The molecular weight excluding hydrogens is 503 g/mol. The number of rotatable bonds is 7. The molecule has 0 aromatic carbocycles. The number of nitrogens with zero attached hydrogens (tertiary/aromatic N) is 4. The van der Waals surface area contributed by atoms with Crippen LogP contribution in [0.3, 0.4) is 0 Å². The zero-order chi connectivity index (χ0) is 28.1. The fourth-order valence-electron chi connectivity index (χ4n) is 4.69. The fourth-order valence-corrected chi connectivity index (χ4v) is 4.69. The van der Waals surface area contributed by atoms with Crippen molar-refractivity contribution < 1.29 is 28.2 Å². The smallest absolute Gasteiger partial charge is 0.419 e. The molecule has 0 saturated heterocycles. The Morgan fingerprint density at radius 1 is 1.03 bits per heavy atom. The van der Waals surface area contributed by atoms with E-state index in [1.54, 1.807) is 41.5 Å². The molecule has 3 aliphatic carbocycles. The molecule has 2 aromatic heterocycles. The molecule has 0 unspecified atom stereocenters. The lowest BCUT2D eigenvalue weighted by Gasteiger charge is -2.38. The molecule has 0 radical (unpaired) electrons. The first kappa shape index (κ1) is 27.4. The standard InChI is InChI=1S/C29H39FN4O5/c1-28(2,3)38-26(35)33(27(36)39-29(4,5)6)15-17-11-20(12-17)34-16-22(24(32-34)18-7-8-18)25-23(37-21-9-10-21)13-19(30)14-31-25/h13-14,16-18,20-21H,7-12,15H2,1-6H3. The van der Waals surface area contributed by atoms with Crippen LogP contribution in [0.2, 0.25) is 0 Å². The number of ether oxygens (including phenoxy) is 3. The van der Waals surface area contributed by atoms with Crippen molar-refractivity contribution >= 4 is 12.2 Å². The number of halogens is 1. The van der Waals surface area contributed by atoms with E-state index in [9.17, 15) is 14.0 Å². The number of aromatic nitrogens is 3. The zero-order valence-electron chi connectivity index (χ0n) is 23.7. The Kier molecular flexibility index (Phi) is 7.09. The van der Waals surface area contributed by atoms with Crippen molar-refractivity contribution in [2.24, 2.45) is 5.92 Å². The molecule has 39 heavy (non-hydrogen) atoms. The largest absolute Gasteiger partial charge is 0.488 e. The topological polar surface area (TPSA) is 95.8 Å². The first-order valence-corrected chi connectivity index (χ1v) is 13.9. The molecule has 0 N–H and O–H groups in total. The molecule has 0 spiro atoms. The van der Waals surface area contributed by atoms with E-state index in [0.717, 1.165) is 54.7 Å². The first-order valence-electron chi connectivity index (χ1n) is 13.9. The molecule has 3 fully saturated rings. The molecule has 2 amide bonds. The maximum Gasteiger partial charge on any atom is 0.419 e. The average molecular weight is 543 g/mol. The van der Waals surface area contributed by atoms with Crippen LogP contribution < -0.4 is 4.74 Å².